The standard InChI is InChI=1S/C16H11ClN4O2/c17-14-10-15(18-12-6-8-13(9-7-12)21(22)23)20-16(19-14)11-4-2-1-3-5-11/h1-10H,(H,18,19,20). The molecule has 0 saturated heterocycles. The maximum atomic E-state index is 10.7. The molecule has 3 aromatic rings. The fourth-order valence-electron chi connectivity index (χ4n) is 2.01. The number of nitro benzene ring substituents is 1. The topological polar surface area (TPSA) is 81.0 Å². The van der Waals surface area contributed by atoms with Gasteiger partial charge in [-0.2, -0.15) is 0 Å². The molecule has 7 heteroatoms. The lowest BCUT2D eigenvalue weighted by molar-refractivity contribution is -0.384. The molecule has 114 valence electrons. The average molecular weight is 327 g/mol. The first kappa shape index (κ1) is 14.9. The van der Waals surface area contributed by atoms with Crippen molar-refractivity contribution in [3.05, 3.63) is 75.9 Å². The Morgan fingerprint density at radius 2 is 1.70 bits per heavy atom. The maximum Gasteiger partial charge on any atom is 0.269 e. The molecule has 0 spiro atoms. The third-order valence-electron chi connectivity index (χ3n) is 3.08. The molecule has 0 amide bonds. The van der Waals surface area contributed by atoms with E-state index in [9.17, 15) is 10.1 Å². The van der Waals surface area contributed by atoms with Crippen molar-refractivity contribution < 1.29 is 4.92 Å². The zero-order valence-electron chi connectivity index (χ0n) is 11.8. The van der Waals surface area contributed by atoms with Gasteiger partial charge in [0.2, 0.25) is 0 Å². The average Bonchev–Trinajstić information content (AvgIpc) is 2.55. The molecule has 1 aromatic heterocycles. The number of aromatic nitrogens is 2. The molecule has 0 aliphatic rings. The molecule has 2 aromatic carbocycles. The molecule has 0 aliphatic heterocycles. The van der Waals surface area contributed by atoms with Crippen molar-refractivity contribution in [2.24, 2.45) is 0 Å². The summed E-state index contributed by atoms with van der Waals surface area (Å²) in [5.41, 5.74) is 1.55. The maximum absolute atomic E-state index is 10.7. The zero-order valence-corrected chi connectivity index (χ0v) is 12.6. The highest BCUT2D eigenvalue weighted by Crippen LogP contribution is 2.23. The molecular formula is C16H11ClN4O2. The summed E-state index contributed by atoms with van der Waals surface area (Å²) >= 11 is 6.05. The van der Waals surface area contributed by atoms with Crippen LogP contribution in [0.3, 0.4) is 0 Å². The fourth-order valence-corrected chi connectivity index (χ4v) is 2.20. The second-order valence-corrected chi connectivity index (χ2v) is 5.08. The molecule has 6 nitrogen and oxygen atoms in total. The van der Waals surface area contributed by atoms with Gasteiger partial charge in [-0.05, 0) is 12.1 Å². The first-order valence-corrected chi connectivity index (χ1v) is 7.11. The quantitative estimate of drug-likeness (QED) is 0.435. The number of nitro groups is 1. The molecule has 1 heterocycles. The van der Waals surface area contributed by atoms with Crippen molar-refractivity contribution in [3.8, 4) is 11.4 Å². The van der Waals surface area contributed by atoms with Crippen molar-refractivity contribution in [1.29, 1.82) is 0 Å². The normalized spacial score (nSPS) is 10.3. The van der Waals surface area contributed by atoms with Gasteiger partial charge in [-0.3, -0.25) is 10.1 Å². The van der Waals surface area contributed by atoms with Crippen LogP contribution in [-0.4, -0.2) is 14.9 Å². The van der Waals surface area contributed by atoms with E-state index in [0.29, 0.717) is 22.5 Å². The van der Waals surface area contributed by atoms with Crippen molar-refractivity contribution in [3.63, 3.8) is 0 Å². The summed E-state index contributed by atoms with van der Waals surface area (Å²) < 4.78 is 0. The molecule has 0 atom stereocenters. The minimum atomic E-state index is -0.446. The number of rotatable bonds is 4. The van der Waals surface area contributed by atoms with E-state index >= 15 is 0 Å². The van der Waals surface area contributed by atoms with Crippen LogP contribution in [-0.2, 0) is 0 Å². The van der Waals surface area contributed by atoms with E-state index in [2.05, 4.69) is 15.3 Å². The van der Waals surface area contributed by atoms with Crippen LogP contribution in [0.2, 0.25) is 5.15 Å². The molecule has 0 radical (unpaired) electrons. The van der Waals surface area contributed by atoms with Crippen LogP contribution < -0.4 is 5.32 Å². The molecule has 0 fully saturated rings. The lowest BCUT2D eigenvalue weighted by Crippen LogP contribution is -1.98. The first-order valence-electron chi connectivity index (χ1n) is 6.73. The number of hydrogen-bond donors (Lipinski definition) is 1. The van der Waals surface area contributed by atoms with Crippen molar-refractivity contribution >= 4 is 28.8 Å². The minimum absolute atomic E-state index is 0.0289. The Kier molecular flexibility index (Phi) is 4.16. The van der Waals surface area contributed by atoms with Gasteiger partial charge in [0.05, 0.1) is 4.92 Å². The number of benzene rings is 2. The Bertz CT molecular complexity index is 838. The Labute approximate surface area is 136 Å². The lowest BCUT2D eigenvalue weighted by Gasteiger charge is -2.08. The number of halogens is 1. The Morgan fingerprint density at radius 3 is 2.35 bits per heavy atom. The molecule has 23 heavy (non-hydrogen) atoms. The molecule has 0 saturated carbocycles. The van der Waals surface area contributed by atoms with Crippen LogP contribution in [0.1, 0.15) is 0 Å². The van der Waals surface area contributed by atoms with Gasteiger partial charge in [0, 0.05) is 29.4 Å². The van der Waals surface area contributed by atoms with Gasteiger partial charge >= 0.3 is 0 Å². The highest BCUT2D eigenvalue weighted by atomic mass is 35.5. The zero-order chi connectivity index (χ0) is 16.2. The SMILES string of the molecule is O=[N+]([O-])c1ccc(Nc2cc(Cl)nc(-c3ccccc3)n2)cc1. The van der Waals surface area contributed by atoms with Gasteiger partial charge in [0.1, 0.15) is 11.0 Å². The fraction of sp³-hybridized carbons (Fsp3) is 0. The van der Waals surface area contributed by atoms with Crippen LogP contribution in [0.5, 0.6) is 0 Å². The second kappa shape index (κ2) is 6.41. The summed E-state index contributed by atoms with van der Waals surface area (Å²) in [4.78, 5) is 18.8. The van der Waals surface area contributed by atoms with E-state index < -0.39 is 4.92 Å². The van der Waals surface area contributed by atoms with Gasteiger partial charge in [0.15, 0.2) is 5.82 Å². The summed E-state index contributed by atoms with van der Waals surface area (Å²) in [5, 5.41) is 14.0. The van der Waals surface area contributed by atoms with E-state index in [0.717, 1.165) is 5.56 Å². The molecule has 0 bridgehead atoms. The number of nitrogens with one attached hydrogen (secondary N) is 1. The van der Waals surface area contributed by atoms with E-state index in [-0.39, 0.29) is 5.69 Å². The van der Waals surface area contributed by atoms with Crippen molar-refractivity contribution in [2.45, 2.75) is 0 Å². The van der Waals surface area contributed by atoms with Gasteiger partial charge in [0.25, 0.3) is 5.69 Å². The predicted octanol–water partition coefficient (Wildman–Crippen LogP) is 4.45. The van der Waals surface area contributed by atoms with E-state index in [1.165, 1.54) is 12.1 Å². The lowest BCUT2D eigenvalue weighted by atomic mass is 10.2. The van der Waals surface area contributed by atoms with Crippen LogP contribution in [0.15, 0.2) is 60.7 Å². The monoisotopic (exact) mass is 326 g/mol. The third-order valence-corrected chi connectivity index (χ3v) is 3.27. The van der Waals surface area contributed by atoms with Crippen LogP contribution in [0.25, 0.3) is 11.4 Å². The molecular weight excluding hydrogens is 316 g/mol. The summed E-state index contributed by atoms with van der Waals surface area (Å²) in [6, 6.07) is 17.1. The van der Waals surface area contributed by atoms with Crippen LogP contribution >= 0.6 is 11.6 Å². The highest BCUT2D eigenvalue weighted by Gasteiger charge is 2.07. The molecule has 1 N–H and O–H groups in total. The molecule has 0 aliphatic carbocycles. The third kappa shape index (κ3) is 3.61. The summed E-state index contributed by atoms with van der Waals surface area (Å²) in [6.07, 6.45) is 0. The molecule has 0 unspecified atom stereocenters. The summed E-state index contributed by atoms with van der Waals surface area (Å²) in [7, 11) is 0. The largest absolute Gasteiger partial charge is 0.340 e. The van der Waals surface area contributed by atoms with E-state index in [1.54, 1.807) is 18.2 Å². The Balaban J connectivity index is 1.88. The van der Waals surface area contributed by atoms with Crippen LogP contribution in [0, 0.1) is 10.1 Å². The second-order valence-electron chi connectivity index (χ2n) is 4.69. The Hall–Kier alpha value is -2.99. The minimum Gasteiger partial charge on any atom is -0.340 e. The number of non-ortho nitro benzene ring substituents is 1. The molecule has 3 rings (SSSR count). The van der Waals surface area contributed by atoms with Gasteiger partial charge in [-0.15, -0.1) is 0 Å². The Morgan fingerprint density at radius 1 is 1.00 bits per heavy atom. The van der Waals surface area contributed by atoms with Crippen molar-refractivity contribution in [2.75, 3.05) is 5.32 Å². The smallest absolute Gasteiger partial charge is 0.269 e. The van der Waals surface area contributed by atoms with Crippen LogP contribution in [0.4, 0.5) is 17.2 Å². The van der Waals surface area contributed by atoms with E-state index in [4.69, 9.17) is 11.6 Å². The predicted molar refractivity (Wildman–Crippen MR) is 88.9 cm³/mol. The summed E-state index contributed by atoms with van der Waals surface area (Å²) in [6.45, 7) is 0. The van der Waals surface area contributed by atoms with E-state index in [1.807, 2.05) is 30.3 Å². The van der Waals surface area contributed by atoms with Gasteiger partial charge in [-0.25, -0.2) is 9.97 Å². The van der Waals surface area contributed by atoms with Gasteiger partial charge in [-0.1, -0.05) is 41.9 Å². The number of nitrogens with zero attached hydrogens (tertiary/aromatic N) is 3. The number of anilines is 2. The highest BCUT2D eigenvalue weighted by molar-refractivity contribution is 6.29. The number of hydrogen-bond acceptors (Lipinski definition) is 5. The van der Waals surface area contributed by atoms with Crippen molar-refractivity contribution in [1.82, 2.24) is 9.97 Å². The van der Waals surface area contributed by atoms with Gasteiger partial charge < -0.3 is 5.32 Å². The summed E-state index contributed by atoms with van der Waals surface area (Å²) in [5.74, 6) is 1.01. The first-order chi connectivity index (χ1) is 11.1.